The predicted molar refractivity (Wildman–Crippen MR) is 28.5 cm³/mol. The molecular formula is C2H8N3O3Pt+. The van der Waals surface area contributed by atoms with Crippen molar-refractivity contribution >= 4 is 0 Å². The van der Waals surface area contributed by atoms with Gasteiger partial charge in [-0.25, -0.2) is 0 Å². The first-order valence-corrected chi connectivity index (χ1v) is 1.86. The Kier molecular flexibility index (Phi) is 27.7. The van der Waals surface area contributed by atoms with Crippen LogP contribution in [0.4, 0.5) is 0 Å². The first kappa shape index (κ1) is 15.9. The third-order valence-corrected chi connectivity index (χ3v) is 0.167. The summed E-state index contributed by atoms with van der Waals surface area (Å²) in [6.45, 7) is 1.19. The van der Waals surface area contributed by atoms with Crippen LogP contribution in [-0.2, 0) is 21.1 Å². The molecule has 0 fully saturated rings. The van der Waals surface area contributed by atoms with Crippen LogP contribution in [0.1, 0.15) is 0 Å². The summed E-state index contributed by atoms with van der Waals surface area (Å²) in [6, 6.07) is 0. The normalized spacial score (nSPS) is 6.00. The minimum Gasteiger partial charge on any atom is -0.356 e. The molecule has 0 aliphatic carbocycles. The van der Waals surface area contributed by atoms with E-state index in [0.29, 0.717) is 13.1 Å². The zero-order valence-corrected chi connectivity index (χ0v) is 6.83. The van der Waals surface area contributed by atoms with E-state index in [9.17, 15) is 0 Å². The van der Waals surface area contributed by atoms with Gasteiger partial charge >= 0.3 is 21.1 Å². The first-order chi connectivity index (χ1) is 3.65. The molecule has 6 nitrogen and oxygen atoms in total. The molecule has 0 aromatic carbocycles. The van der Waals surface area contributed by atoms with Crippen LogP contribution in [0.2, 0.25) is 0 Å². The third-order valence-electron chi connectivity index (χ3n) is 0.167. The van der Waals surface area contributed by atoms with E-state index in [-0.39, 0.29) is 21.1 Å². The third kappa shape index (κ3) is 403. The number of nitrogens with two attached hydrogens (primary N) is 2. The minimum atomic E-state index is -1.75. The maximum absolute atomic E-state index is 8.25. The number of hydrogen-bond acceptors (Lipinski definition) is 5. The van der Waals surface area contributed by atoms with Crippen LogP contribution in [0.5, 0.6) is 0 Å². The Balaban J connectivity index is -0.0000000720. The Hall–Kier alpha value is -0.192. The summed E-state index contributed by atoms with van der Waals surface area (Å²) in [5.74, 6) is 0. The van der Waals surface area contributed by atoms with Gasteiger partial charge in [0.15, 0.2) is 0 Å². The SMILES string of the molecule is NCCN.O=[N+]([O-])[O-].[Pt+2]. The molecule has 0 aliphatic heterocycles. The Labute approximate surface area is 66.6 Å². The van der Waals surface area contributed by atoms with Crippen LogP contribution >= 0.6 is 0 Å². The molecule has 58 valence electrons. The van der Waals surface area contributed by atoms with Crippen LogP contribution < -0.4 is 11.5 Å². The molecule has 0 aliphatic rings. The summed E-state index contributed by atoms with van der Waals surface area (Å²) < 4.78 is 0. The van der Waals surface area contributed by atoms with Gasteiger partial charge in [0.1, 0.15) is 0 Å². The van der Waals surface area contributed by atoms with Crippen molar-refractivity contribution in [2.45, 2.75) is 0 Å². The van der Waals surface area contributed by atoms with Crippen molar-refractivity contribution in [3.05, 3.63) is 15.3 Å². The summed E-state index contributed by atoms with van der Waals surface area (Å²) in [4.78, 5) is 8.25. The molecule has 0 heterocycles. The van der Waals surface area contributed by atoms with Gasteiger partial charge in [0.05, 0.1) is 5.09 Å². The second kappa shape index (κ2) is 15.7. The van der Waals surface area contributed by atoms with Gasteiger partial charge in [0, 0.05) is 13.1 Å². The summed E-state index contributed by atoms with van der Waals surface area (Å²) in [6.07, 6.45) is 0. The molecule has 7 heteroatoms. The van der Waals surface area contributed by atoms with Gasteiger partial charge in [-0.05, 0) is 0 Å². The second-order valence-corrected chi connectivity index (χ2v) is 0.801. The van der Waals surface area contributed by atoms with E-state index in [1.807, 2.05) is 0 Å². The summed E-state index contributed by atoms with van der Waals surface area (Å²) in [7, 11) is 0. The molecule has 0 bridgehead atoms. The second-order valence-electron chi connectivity index (χ2n) is 0.801. The molecule has 4 N–H and O–H groups in total. The Bertz CT molecular complexity index is 55.0. The smallest absolute Gasteiger partial charge is 0.356 e. The Morgan fingerprint density at radius 1 is 1.22 bits per heavy atom. The summed E-state index contributed by atoms with van der Waals surface area (Å²) >= 11 is 0. The maximum atomic E-state index is 8.25. The van der Waals surface area contributed by atoms with Crippen molar-refractivity contribution in [1.82, 2.24) is 0 Å². The molecule has 0 aromatic rings. The first-order valence-electron chi connectivity index (χ1n) is 1.86. The van der Waals surface area contributed by atoms with Gasteiger partial charge in [-0.2, -0.15) is 0 Å². The molecule has 0 atom stereocenters. The number of rotatable bonds is 1. The minimum absolute atomic E-state index is 0. The van der Waals surface area contributed by atoms with Crippen LogP contribution in [0, 0.1) is 15.3 Å². The van der Waals surface area contributed by atoms with Crippen LogP contribution in [0.3, 0.4) is 0 Å². The van der Waals surface area contributed by atoms with Gasteiger partial charge < -0.3 is 26.8 Å². The van der Waals surface area contributed by atoms with E-state index in [2.05, 4.69) is 0 Å². The fourth-order valence-corrected chi connectivity index (χ4v) is 0. The fraction of sp³-hybridized carbons (Fsp3) is 1.00. The molecule has 0 saturated carbocycles. The van der Waals surface area contributed by atoms with E-state index < -0.39 is 5.09 Å². The average molecular weight is 317 g/mol. The molecule has 0 radical (unpaired) electrons. The molecule has 0 amide bonds. The van der Waals surface area contributed by atoms with Crippen molar-refractivity contribution in [2.75, 3.05) is 13.1 Å². The fourth-order valence-electron chi connectivity index (χ4n) is 0. The topological polar surface area (TPSA) is 118 Å². The van der Waals surface area contributed by atoms with Crippen molar-refractivity contribution in [1.29, 1.82) is 0 Å². The van der Waals surface area contributed by atoms with Crippen molar-refractivity contribution in [3.8, 4) is 0 Å². The average Bonchev–Trinajstić information content (AvgIpc) is 1.65. The quantitative estimate of drug-likeness (QED) is 0.458. The molecule has 0 rings (SSSR count). The molecule has 0 aromatic heterocycles. The Morgan fingerprint density at radius 2 is 1.33 bits per heavy atom. The summed E-state index contributed by atoms with van der Waals surface area (Å²) in [5.41, 5.74) is 9.81. The number of hydrogen-bond donors (Lipinski definition) is 2. The molecule has 0 unspecified atom stereocenters. The van der Waals surface area contributed by atoms with E-state index in [1.54, 1.807) is 0 Å². The molecule has 0 saturated heterocycles. The van der Waals surface area contributed by atoms with E-state index >= 15 is 0 Å². The zero-order valence-electron chi connectivity index (χ0n) is 4.56. The standard InChI is InChI=1S/C2H8N2.NO3.Pt/c3-1-2-4;2-1(3)4;/h1-4H2;;/q;-1;+2. The van der Waals surface area contributed by atoms with Gasteiger partial charge in [0.2, 0.25) is 0 Å². The van der Waals surface area contributed by atoms with Gasteiger partial charge in [0.25, 0.3) is 0 Å². The van der Waals surface area contributed by atoms with Gasteiger partial charge in [-0.15, -0.1) is 0 Å². The molecular weight excluding hydrogens is 309 g/mol. The van der Waals surface area contributed by atoms with Crippen molar-refractivity contribution < 1.29 is 26.2 Å². The molecule has 9 heavy (non-hydrogen) atoms. The van der Waals surface area contributed by atoms with Crippen LogP contribution in [0.25, 0.3) is 0 Å². The van der Waals surface area contributed by atoms with E-state index in [4.69, 9.17) is 26.8 Å². The van der Waals surface area contributed by atoms with Crippen LogP contribution in [0.15, 0.2) is 0 Å². The Morgan fingerprint density at radius 3 is 1.33 bits per heavy atom. The van der Waals surface area contributed by atoms with Crippen molar-refractivity contribution in [3.63, 3.8) is 0 Å². The largest absolute Gasteiger partial charge is 2.00 e. The predicted octanol–water partition coefficient (Wildman–Crippen LogP) is -1.34. The van der Waals surface area contributed by atoms with Crippen LogP contribution in [-0.4, -0.2) is 18.2 Å². The molecule has 0 spiro atoms. The van der Waals surface area contributed by atoms with Crippen molar-refractivity contribution in [2.24, 2.45) is 11.5 Å². The number of nitrogens with zero attached hydrogens (tertiary/aromatic N) is 1. The van der Waals surface area contributed by atoms with Gasteiger partial charge in [-0.1, -0.05) is 0 Å². The van der Waals surface area contributed by atoms with Gasteiger partial charge in [-0.3, -0.25) is 0 Å². The van der Waals surface area contributed by atoms with E-state index in [1.165, 1.54) is 0 Å². The maximum Gasteiger partial charge on any atom is 2.00 e. The summed E-state index contributed by atoms with van der Waals surface area (Å²) in [5, 5.41) is 14.8. The monoisotopic (exact) mass is 317 g/mol. The van der Waals surface area contributed by atoms with E-state index in [0.717, 1.165) is 0 Å². The zero-order chi connectivity index (χ0) is 6.99.